The topological polar surface area (TPSA) is 126 Å². The van der Waals surface area contributed by atoms with Gasteiger partial charge in [-0.2, -0.15) is 4.98 Å². The third-order valence-electron chi connectivity index (χ3n) is 11.2. The summed E-state index contributed by atoms with van der Waals surface area (Å²) in [5, 5.41) is 3.96. The van der Waals surface area contributed by atoms with Crippen LogP contribution in [0.3, 0.4) is 0 Å². The van der Waals surface area contributed by atoms with Crippen LogP contribution in [0.15, 0.2) is 29.3 Å². The number of carbonyl (C=O) groups is 2. The molecule has 7 rings (SSSR count). The van der Waals surface area contributed by atoms with Gasteiger partial charge in [0, 0.05) is 62.9 Å². The molecule has 0 aromatic carbocycles. The number of carbonyl (C=O) groups excluding carboxylic acids is 2. The summed E-state index contributed by atoms with van der Waals surface area (Å²) in [5.74, 6) is 0.775. The van der Waals surface area contributed by atoms with Crippen molar-refractivity contribution < 1.29 is 14.3 Å². The second kappa shape index (κ2) is 13.0. The highest BCUT2D eigenvalue weighted by molar-refractivity contribution is 5.99. The number of piperazine rings is 1. The number of nitrogens with zero attached hydrogens (tertiary/aromatic N) is 7. The first-order valence-corrected chi connectivity index (χ1v) is 18.0. The van der Waals surface area contributed by atoms with Gasteiger partial charge in [-0.15, -0.1) is 0 Å². The first-order chi connectivity index (χ1) is 23.4. The Morgan fingerprint density at radius 2 is 1.63 bits per heavy atom. The highest BCUT2D eigenvalue weighted by Gasteiger charge is 2.48. The molecular weight excluding hydrogens is 620 g/mol. The van der Waals surface area contributed by atoms with Crippen molar-refractivity contribution in [2.75, 3.05) is 49.5 Å². The Morgan fingerprint density at radius 1 is 0.939 bits per heavy atom. The van der Waals surface area contributed by atoms with Gasteiger partial charge in [0.05, 0.1) is 17.4 Å². The van der Waals surface area contributed by atoms with Crippen molar-refractivity contribution in [2.24, 2.45) is 5.41 Å². The summed E-state index contributed by atoms with van der Waals surface area (Å²) < 4.78 is 7.31. The third kappa shape index (κ3) is 6.76. The average Bonchev–Trinajstić information content (AvgIpc) is 3.58. The molecule has 2 saturated carbocycles. The number of fused-ring (bicyclic) bond motifs is 1. The third-order valence-corrected chi connectivity index (χ3v) is 11.2. The summed E-state index contributed by atoms with van der Waals surface area (Å²) in [7, 11) is 0. The SMILES string of the molecule is CC(=O)c1c(C)c2cnc(Nc3ccc(N4CCN(C5CC6(CCN(C(=O)OC(C)(C)C)CC6)C5)CC4)cn3)nc2n(C2CCCC2)c1=O. The van der Waals surface area contributed by atoms with Crippen LogP contribution in [0.5, 0.6) is 0 Å². The van der Waals surface area contributed by atoms with Crippen LogP contribution in [0.2, 0.25) is 0 Å². The van der Waals surface area contributed by atoms with Gasteiger partial charge in [-0.25, -0.2) is 14.8 Å². The number of rotatable bonds is 6. The van der Waals surface area contributed by atoms with Crippen molar-refractivity contribution in [3.8, 4) is 0 Å². The summed E-state index contributed by atoms with van der Waals surface area (Å²) in [6.07, 6.45) is 11.9. The van der Waals surface area contributed by atoms with E-state index in [1.54, 1.807) is 17.7 Å². The van der Waals surface area contributed by atoms with Gasteiger partial charge in [-0.1, -0.05) is 12.8 Å². The monoisotopic (exact) mass is 670 g/mol. The molecule has 2 saturated heterocycles. The molecule has 2 aliphatic heterocycles. The molecule has 3 aromatic heterocycles. The molecule has 12 nitrogen and oxygen atoms in total. The fourth-order valence-electron chi connectivity index (χ4n) is 8.51. The number of ketones is 1. The molecule has 3 aromatic rings. The van der Waals surface area contributed by atoms with E-state index >= 15 is 0 Å². The van der Waals surface area contributed by atoms with E-state index < -0.39 is 5.60 Å². The molecule has 0 atom stereocenters. The standard InChI is InChI=1S/C37H50N8O4/c1-24-29-23-39-34(41-32(29)45(26-8-6-7-9-26)33(47)31(24)25(2)46)40-30-11-10-27(22-38-30)42-16-18-43(19-17-42)28-20-37(21-28)12-14-44(15-13-37)35(48)49-36(3,4)5/h10-11,22-23,26,28H,6-9,12-21H2,1-5H3,(H,38,39,40,41). The maximum Gasteiger partial charge on any atom is 0.410 e. The number of aromatic nitrogens is 4. The van der Waals surface area contributed by atoms with Crippen LogP contribution in [0.25, 0.3) is 11.0 Å². The predicted molar refractivity (Wildman–Crippen MR) is 190 cm³/mol. The fourth-order valence-corrected chi connectivity index (χ4v) is 8.51. The van der Waals surface area contributed by atoms with Crippen molar-refractivity contribution >= 4 is 40.4 Å². The number of nitrogens with one attached hydrogen (secondary N) is 1. The normalized spacial score (nSPS) is 20.5. The number of piperidine rings is 1. The molecule has 1 spiro atoms. The molecule has 1 amide bonds. The molecule has 12 heteroatoms. The van der Waals surface area contributed by atoms with E-state index in [1.807, 2.05) is 37.9 Å². The second-order valence-corrected chi connectivity index (χ2v) is 15.7. The Hall–Kier alpha value is -4.06. The number of pyridine rings is 2. The molecule has 1 N–H and O–H groups in total. The van der Waals surface area contributed by atoms with Crippen molar-refractivity contribution in [1.29, 1.82) is 0 Å². The largest absolute Gasteiger partial charge is 0.444 e. The summed E-state index contributed by atoms with van der Waals surface area (Å²) in [6.45, 7) is 14.6. The molecule has 0 unspecified atom stereocenters. The molecular formula is C37H50N8O4. The van der Waals surface area contributed by atoms with E-state index in [0.29, 0.717) is 34.4 Å². The minimum absolute atomic E-state index is 0.0313. The number of anilines is 3. The first kappa shape index (κ1) is 33.4. The van der Waals surface area contributed by atoms with Gasteiger partial charge in [0.15, 0.2) is 5.78 Å². The van der Waals surface area contributed by atoms with E-state index in [0.717, 1.165) is 88.9 Å². The number of hydrogen-bond acceptors (Lipinski definition) is 10. The van der Waals surface area contributed by atoms with E-state index in [-0.39, 0.29) is 29.0 Å². The first-order valence-electron chi connectivity index (χ1n) is 18.0. The fraction of sp³-hybridized carbons (Fsp3) is 0.622. The Morgan fingerprint density at radius 3 is 2.24 bits per heavy atom. The van der Waals surface area contributed by atoms with Gasteiger partial charge in [0.2, 0.25) is 5.95 Å². The van der Waals surface area contributed by atoms with E-state index in [1.165, 1.54) is 19.8 Å². The van der Waals surface area contributed by atoms with Crippen LogP contribution in [0.4, 0.5) is 22.2 Å². The lowest BCUT2D eigenvalue weighted by Crippen LogP contribution is -2.59. The van der Waals surface area contributed by atoms with Crippen LogP contribution in [-0.2, 0) is 4.74 Å². The van der Waals surface area contributed by atoms with Crippen molar-refractivity contribution in [1.82, 2.24) is 29.3 Å². The second-order valence-electron chi connectivity index (χ2n) is 15.7. The Labute approximate surface area is 288 Å². The minimum Gasteiger partial charge on any atom is -0.444 e. The number of hydrogen-bond donors (Lipinski definition) is 1. The van der Waals surface area contributed by atoms with Crippen LogP contribution in [0.1, 0.15) is 101 Å². The average molecular weight is 671 g/mol. The summed E-state index contributed by atoms with van der Waals surface area (Å²) in [6, 6.07) is 4.69. The van der Waals surface area contributed by atoms with E-state index in [4.69, 9.17) is 9.72 Å². The van der Waals surface area contributed by atoms with Crippen molar-refractivity contribution in [2.45, 2.75) is 104 Å². The lowest BCUT2D eigenvalue weighted by atomic mass is 9.60. The number of likely N-dealkylation sites (tertiary alicyclic amines) is 1. The maximum absolute atomic E-state index is 13.5. The number of amides is 1. The molecule has 2 aliphatic carbocycles. The van der Waals surface area contributed by atoms with Gasteiger partial charge in [-0.3, -0.25) is 19.1 Å². The van der Waals surface area contributed by atoms with E-state index in [9.17, 15) is 14.4 Å². The maximum atomic E-state index is 13.5. The van der Waals surface area contributed by atoms with Gasteiger partial charge in [0.1, 0.15) is 17.1 Å². The van der Waals surface area contributed by atoms with Crippen LogP contribution < -0.4 is 15.8 Å². The zero-order valence-electron chi connectivity index (χ0n) is 29.6. The highest BCUT2D eigenvalue weighted by Crippen LogP contribution is 2.51. The van der Waals surface area contributed by atoms with Crippen molar-refractivity contribution in [3.63, 3.8) is 0 Å². The zero-order chi connectivity index (χ0) is 34.5. The van der Waals surface area contributed by atoms with Crippen molar-refractivity contribution in [3.05, 3.63) is 46.0 Å². The summed E-state index contributed by atoms with van der Waals surface area (Å²) >= 11 is 0. The minimum atomic E-state index is -0.454. The molecule has 262 valence electrons. The van der Waals surface area contributed by atoms with Crippen LogP contribution in [0, 0.1) is 12.3 Å². The summed E-state index contributed by atoms with van der Waals surface area (Å²) in [4.78, 5) is 59.4. The van der Waals surface area contributed by atoms with Gasteiger partial charge >= 0.3 is 6.09 Å². The van der Waals surface area contributed by atoms with Gasteiger partial charge in [0.25, 0.3) is 5.56 Å². The number of aryl methyl sites for hydroxylation is 1. The molecule has 0 radical (unpaired) electrons. The molecule has 4 aliphatic rings. The van der Waals surface area contributed by atoms with Crippen LogP contribution >= 0.6 is 0 Å². The summed E-state index contributed by atoms with van der Waals surface area (Å²) in [5.41, 5.74) is 2.19. The lowest BCUT2D eigenvalue weighted by Gasteiger charge is -2.56. The number of Topliss-reactive ketones (excluding diaryl/α,β-unsaturated/α-hetero) is 1. The lowest BCUT2D eigenvalue weighted by molar-refractivity contribution is -0.0489. The molecule has 49 heavy (non-hydrogen) atoms. The Kier molecular flexibility index (Phi) is 8.87. The van der Waals surface area contributed by atoms with E-state index in [2.05, 4.69) is 31.2 Å². The smallest absolute Gasteiger partial charge is 0.410 e. The highest BCUT2D eigenvalue weighted by atomic mass is 16.6. The molecule has 0 bridgehead atoms. The van der Waals surface area contributed by atoms with Gasteiger partial charge in [-0.05, 0) is 96.3 Å². The molecule has 4 fully saturated rings. The zero-order valence-corrected chi connectivity index (χ0v) is 29.6. The van der Waals surface area contributed by atoms with Crippen LogP contribution in [-0.4, -0.2) is 92.1 Å². The predicted octanol–water partition coefficient (Wildman–Crippen LogP) is 5.86. The Bertz CT molecular complexity index is 1770. The quantitative estimate of drug-likeness (QED) is 0.319. The molecule has 5 heterocycles. The Balaban J connectivity index is 0.943. The number of ether oxygens (including phenoxy) is 1. The van der Waals surface area contributed by atoms with Gasteiger partial charge < -0.3 is 19.9 Å².